The number of ether oxygens (including phenoxy) is 3. The van der Waals surface area contributed by atoms with E-state index >= 15 is 0 Å². The maximum absolute atomic E-state index is 11.5. The summed E-state index contributed by atoms with van der Waals surface area (Å²) in [4.78, 5) is 4.09. The molecule has 32 heavy (non-hydrogen) atoms. The van der Waals surface area contributed by atoms with Gasteiger partial charge >= 0.3 is 0 Å². The zero-order valence-corrected chi connectivity index (χ0v) is 18.3. The Kier molecular flexibility index (Phi) is 7.13. The Morgan fingerprint density at radius 3 is 2.59 bits per heavy atom. The first-order chi connectivity index (χ1) is 15.3. The van der Waals surface area contributed by atoms with Crippen molar-refractivity contribution in [3.8, 4) is 0 Å². The Labute approximate surface area is 187 Å². The van der Waals surface area contributed by atoms with Crippen LogP contribution < -0.4 is 16.0 Å². The molecule has 1 aromatic heterocycles. The second kappa shape index (κ2) is 9.55. The summed E-state index contributed by atoms with van der Waals surface area (Å²) in [5.74, 6) is -2.19. The van der Waals surface area contributed by atoms with Gasteiger partial charge in [0, 0.05) is 25.4 Å². The predicted molar refractivity (Wildman–Crippen MR) is 113 cm³/mol. The molecule has 2 aliphatic heterocycles. The predicted octanol–water partition coefficient (Wildman–Crippen LogP) is -2.92. The molecule has 1 saturated carbocycles. The van der Waals surface area contributed by atoms with Crippen molar-refractivity contribution in [2.45, 2.75) is 67.0 Å². The Morgan fingerprint density at radius 2 is 1.91 bits per heavy atom. The molecule has 9 atom stereocenters. The van der Waals surface area contributed by atoms with Crippen LogP contribution in [0.4, 0.5) is 0 Å². The van der Waals surface area contributed by atoms with E-state index in [-0.39, 0.29) is 19.6 Å². The summed E-state index contributed by atoms with van der Waals surface area (Å²) in [7, 11) is 3.29. The van der Waals surface area contributed by atoms with Gasteiger partial charge in [0.1, 0.15) is 23.9 Å². The fraction of sp³-hybridized carbons (Fsp3) is 0.762. The molecule has 2 saturated heterocycles. The van der Waals surface area contributed by atoms with Crippen molar-refractivity contribution < 1.29 is 34.6 Å². The first-order valence-electron chi connectivity index (χ1n) is 11.0. The average Bonchev–Trinajstić information content (AvgIpc) is 2.78. The van der Waals surface area contributed by atoms with Gasteiger partial charge in [-0.25, -0.2) is 0 Å². The highest BCUT2D eigenvalue weighted by Gasteiger charge is 2.67. The number of nitrogens with zero attached hydrogens (tertiary/aromatic N) is 1. The van der Waals surface area contributed by atoms with Gasteiger partial charge in [0.15, 0.2) is 0 Å². The summed E-state index contributed by atoms with van der Waals surface area (Å²) in [5, 5.41) is 53.5. The number of aliphatic hydroxyl groups is 4. The molecule has 0 amide bonds. The topological polar surface area (TPSA) is 158 Å². The van der Waals surface area contributed by atoms with E-state index in [4.69, 9.17) is 14.2 Å². The third-order valence-electron chi connectivity index (χ3n) is 6.88. The highest BCUT2D eigenvalue weighted by molar-refractivity contribution is 5.12. The van der Waals surface area contributed by atoms with Crippen LogP contribution in [0.1, 0.15) is 12.0 Å². The van der Waals surface area contributed by atoms with Crippen LogP contribution in [-0.2, 0) is 20.6 Å². The van der Waals surface area contributed by atoms with E-state index in [0.29, 0.717) is 13.0 Å². The number of fused-ring (bicyclic) bond motifs is 2. The van der Waals surface area contributed by atoms with E-state index < -0.39 is 54.2 Å². The average molecular weight is 455 g/mol. The zero-order chi connectivity index (χ0) is 22.9. The molecule has 3 aliphatic rings. The van der Waals surface area contributed by atoms with E-state index in [2.05, 4.69) is 20.9 Å². The van der Waals surface area contributed by atoms with Gasteiger partial charge in [0.2, 0.25) is 12.1 Å². The van der Waals surface area contributed by atoms with E-state index in [1.54, 1.807) is 26.5 Å². The fourth-order valence-corrected chi connectivity index (χ4v) is 4.98. The molecule has 0 spiro atoms. The normalized spacial score (nSPS) is 44.0. The van der Waals surface area contributed by atoms with E-state index in [1.165, 1.54) is 0 Å². The fourth-order valence-electron chi connectivity index (χ4n) is 4.98. The minimum absolute atomic E-state index is 0.0405. The first-order valence-corrected chi connectivity index (χ1v) is 11.0. The van der Waals surface area contributed by atoms with Crippen molar-refractivity contribution in [3.63, 3.8) is 0 Å². The van der Waals surface area contributed by atoms with Crippen molar-refractivity contribution in [2.24, 2.45) is 0 Å². The molecule has 11 heteroatoms. The van der Waals surface area contributed by atoms with Crippen molar-refractivity contribution in [1.82, 2.24) is 20.9 Å². The maximum Gasteiger partial charge on any atom is 0.249 e. The Balaban J connectivity index is 1.49. The van der Waals surface area contributed by atoms with Crippen LogP contribution in [-0.4, -0.2) is 113 Å². The summed E-state index contributed by atoms with van der Waals surface area (Å²) in [6.45, 7) is 0.750. The molecule has 11 nitrogen and oxygen atoms in total. The molecule has 0 bridgehead atoms. The molecule has 4 rings (SSSR count). The lowest BCUT2D eigenvalue weighted by Gasteiger charge is -2.59. The van der Waals surface area contributed by atoms with Crippen molar-refractivity contribution in [3.05, 3.63) is 30.1 Å². The smallest absolute Gasteiger partial charge is 0.249 e. The molecule has 0 radical (unpaired) electrons. The lowest BCUT2D eigenvalue weighted by atomic mass is 9.78. The van der Waals surface area contributed by atoms with Crippen LogP contribution in [0.3, 0.4) is 0 Å². The molecule has 9 unspecified atom stereocenters. The van der Waals surface area contributed by atoms with E-state index in [0.717, 1.165) is 5.56 Å². The minimum Gasteiger partial charge on any atom is -0.390 e. The lowest BCUT2D eigenvalue weighted by Crippen LogP contribution is -2.80. The molecular weight excluding hydrogens is 420 g/mol. The molecule has 1 aliphatic carbocycles. The number of hydrogen-bond acceptors (Lipinski definition) is 11. The molecule has 7 N–H and O–H groups in total. The highest BCUT2D eigenvalue weighted by atomic mass is 16.8. The third-order valence-corrected chi connectivity index (χ3v) is 6.88. The summed E-state index contributed by atoms with van der Waals surface area (Å²) in [5.41, 5.74) is -0.652. The molecule has 0 aromatic carbocycles. The number of aromatic nitrogens is 1. The van der Waals surface area contributed by atoms with Crippen LogP contribution in [0.5, 0.6) is 0 Å². The molecule has 180 valence electrons. The third kappa shape index (κ3) is 4.07. The Bertz CT molecular complexity index is 761. The number of rotatable bonds is 7. The van der Waals surface area contributed by atoms with Crippen LogP contribution in [0.2, 0.25) is 0 Å². The summed E-state index contributed by atoms with van der Waals surface area (Å²) < 4.78 is 17.6. The standard InChI is InChI=1S/C21H34N4O7/c1-22-13-15(26)14(23-2)17-18(16(13)27)31-19-21(29,32-17)20(28,6-9-30-19)11-25-8-5-12-4-3-7-24-10-12/h3-4,7,10,13-19,22-23,25-29H,5-6,8-9,11H2,1-2H3. The Morgan fingerprint density at radius 1 is 1.12 bits per heavy atom. The molecule has 3 heterocycles. The largest absolute Gasteiger partial charge is 0.390 e. The SMILES string of the molecule is CNC1C(O)C(NC)C2OC3(O)C(OCCC3(O)CNCCc3cccnc3)OC2C1O. The number of likely N-dealkylation sites (N-methyl/N-ethyl adjacent to an activating group) is 2. The van der Waals surface area contributed by atoms with Gasteiger partial charge in [0.05, 0.1) is 24.8 Å². The van der Waals surface area contributed by atoms with Gasteiger partial charge in [-0.15, -0.1) is 0 Å². The number of nitrogens with one attached hydrogen (secondary N) is 3. The van der Waals surface area contributed by atoms with Gasteiger partial charge < -0.3 is 50.6 Å². The first kappa shape index (κ1) is 23.9. The van der Waals surface area contributed by atoms with Crippen molar-refractivity contribution >= 4 is 0 Å². The van der Waals surface area contributed by atoms with Crippen molar-refractivity contribution in [1.29, 1.82) is 0 Å². The second-order valence-corrected chi connectivity index (χ2v) is 8.76. The zero-order valence-electron chi connectivity index (χ0n) is 18.3. The van der Waals surface area contributed by atoms with Crippen LogP contribution in [0, 0.1) is 0 Å². The second-order valence-electron chi connectivity index (χ2n) is 8.76. The Hall–Kier alpha value is -1.25. The summed E-state index contributed by atoms with van der Waals surface area (Å²) >= 11 is 0. The molecule has 3 fully saturated rings. The van der Waals surface area contributed by atoms with E-state index in [9.17, 15) is 20.4 Å². The quantitative estimate of drug-likeness (QED) is 0.212. The van der Waals surface area contributed by atoms with E-state index in [1.807, 2.05) is 12.1 Å². The monoisotopic (exact) mass is 454 g/mol. The highest BCUT2D eigenvalue weighted by Crippen LogP contribution is 2.44. The maximum atomic E-state index is 11.5. The van der Waals surface area contributed by atoms with Crippen LogP contribution in [0.15, 0.2) is 24.5 Å². The lowest BCUT2D eigenvalue weighted by molar-refractivity contribution is -0.475. The van der Waals surface area contributed by atoms with Gasteiger partial charge in [-0.05, 0) is 38.7 Å². The van der Waals surface area contributed by atoms with Gasteiger partial charge in [-0.2, -0.15) is 0 Å². The number of pyridine rings is 1. The number of hydrogen-bond donors (Lipinski definition) is 7. The molecule has 1 aromatic rings. The van der Waals surface area contributed by atoms with Gasteiger partial charge in [0.25, 0.3) is 0 Å². The summed E-state index contributed by atoms with van der Waals surface area (Å²) in [6.07, 6.45) is -0.887. The van der Waals surface area contributed by atoms with Gasteiger partial charge in [-0.3, -0.25) is 4.98 Å². The minimum atomic E-state index is -2.19. The van der Waals surface area contributed by atoms with Crippen LogP contribution in [0.25, 0.3) is 0 Å². The molecular formula is C21H34N4O7. The van der Waals surface area contributed by atoms with Crippen LogP contribution >= 0.6 is 0 Å². The summed E-state index contributed by atoms with van der Waals surface area (Å²) in [6, 6.07) is 2.51. The van der Waals surface area contributed by atoms with Gasteiger partial charge in [-0.1, -0.05) is 6.07 Å². The number of aliphatic hydroxyl groups excluding tert-OH is 2. The van der Waals surface area contributed by atoms with Crippen molar-refractivity contribution in [2.75, 3.05) is 33.8 Å².